The number of H-pyrrole nitrogens is 1. The summed E-state index contributed by atoms with van der Waals surface area (Å²) in [5.41, 5.74) is -5.25. The van der Waals surface area contributed by atoms with Gasteiger partial charge >= 0.3 is 11.6 Å². The van der Waals surface area contributed by atoms with Gasteiger partial charge in [0.25, 0.3) is 5.56 Å². The Balaban J connectivity index is 1.88. The van der Waals surface area contributed by atoms with Gasteiger partial charge in [0, 0.05) is 11.8 Å². The molecule has 1 aromatic rings. The van der Waals surface area contributed by atoms with Crippen molar-refractivity contribution >= 4 is 0 Å². The van der Waals surface area contributed by atoms with Crippen molar-refractivity contribution in [1.82, 2.24) is 14.6 Å². The van der Waals surface area contributed by atoms with Crippen molar-refractivity contribution in [3.63, 3.8) is 0 Å². The SMILES string of the molecule is CCCCCCCCCCCCCCCCCC(F)N(O)[C@@]1(O)[C@H](O)[C@@H](CO)O[C@]1(O)n1cc(C(C)C)c(=O)[nH]c1=O. The smallest absolute Gasteiger partial charge is 0.332 e. The second-order valence-corrected chi connectivity index (χ2v) is 12.0. The summed E-state index contributed by atoms with van der Waals surface area (Å²) in [6.07, 6.45) is 11.4. The molecule has 1 aromatic heterocycles. The molecule has 1 fully saturated rings. The van der Waals surface area contributed by atoms with Gasteiger partial charge in [0.15, 0.2) is 6.30 Å². The molecule has 5 atom stereocenters. The number of aromatic amines is 1. The highest BCUT2D eigenvalue weighted by Crippen LogP contribution is 2.44. The van der Waals surface area contributed by atoms with Crippen LogP contribution in [0, 0.1) is 0 Å². The van der Waals surface area contributed by atoms with E-state index >= 15 is 4.39 Å². The van der Waals surface area contributed by atoms with Crippen molar-refractivity contribution < 1.29 is 34.8 Å². The Morgan fingerprint density at radius 3 is 1.88 bits per heavy atom. The molecule has 42 heavy (non-hydrogen) atoms. The van der Waals surface area contributed by atoms with Crippen molar-refractivity contribution in [3.8, 4) is 0 Å². The number of hydrogen-bond acceptors (Lipinski definition) is 9. The van der Waals surface area contributed by atoms with E-state index in [0.717, 1.165) is 25.5 Å². The van der Waals surface area contributed by atoms with Crippen molar-refractivity contribution in [2.24, 2.45) is 0 Å². The molecule has 0 spiro atoms. The molecule has 0 bridgehead atoms. The highest BCUT2D eigenvalue weighted by atomic mass is 19.1. The molecule has 2 rings (SSSR count). The van der Waals surface area contributed by atoms with Crippen LogP contribution in [0.5, 0.6) is 0 Å². The minimum Gasteiger partial charge on any atom is -0.394 e. The first-order valence-electron chi connectivity index (χ1n) is 15.9. The van der Waals surface area contributed by atoms with Gasteiger partial charge in [-0.2, -0.15) is 0 Å². The lowest BCUT2D eigenvalue weighted by Gasteiger charge is -2.43. The first kappa shape index (κ1) is 36.5. The van der Waals surface area contributed by atoms with Crippen LogP contribution in [0.2, 0.25) is 0 Å². The fourth-order valence-electron chi connectivity index (χ4n) is 5.61. The molecular formula is C30H54FN3O8. The number of hydroxylamine groups is 2. The largest absolute Gasteiger partial charge is 0.394 e. The standard InChI is InChI=1S/C30H54FN3O8/c1-4-5-6-7-8-9-10-11-12-13-14-15-16-17-18-19-25(31)34(41)29(39)26(36)24(21-35)42-30(29,40)33-20-23(22(2)3)27(37)32-28(33)38/h20,22,24-26,35-36,39-41H,4-19,21H2,1-3H3,(H,32,37,38)/t24-,25?,26-,29-,30+/m1/s1. The topological polar surface area (TPSA) is 168 Å². The molecule has 1 aliphatic rings. The van der Waals surface area contributed by atoms with Gasteiger partial charge in [0.05, 0.1) is 6.61 Å². The van der Waals surface area contributed by atoms with Gasteiger partial charge < -0.3 is 30.4 Å². The normalized spacial score (nSPS) is 25.1. The van der Waals surface area contributed by atoms with Crippen LogP contribution in [0.25, 0.3) is 0 Å². The van der Waals surface area contributed by atoms with Gasteiger partial charge in [0.2, 0.25) is 5.72 Å². The van der Waals surface area contributed by atoms with E-state index in [4.69, 9.17) is 4.74 Å². The lowest BCUT2D eigenvalue weighted by atomic mass is 9.99. The van der Waals surface area contributed by atoms with Gasteiger partial charge in [-0.15, -0.1) is 5.06 Å². The van der Waals surface area contributed by atoms with E-state index in [0.29, 0.717) is 17.4 Å². The zero-order valence-corrected chi connectivity index (χ0v) is 25.6. The Bertz CT molecular complexity index is 1040. The summed E-state index contributed by atoms with van der Waals surface area (Å²) in [7, 11) is 0. The van der Waals surface area contributed by atoms with Crippen molar-refractivity contribution in [2.45, 2.75) is 160 Å². The fraction of sp³-hybridized carbons (Fsp3) is 0.867. The molecule has 0 amide bonds. The van der Waals surface area contributed by atoms with Crippen LogP contribution in [0.1, 0.15) is 135 Å². The van der Waals surface area contributed by atoms with Crippen LogP contribution in [0.4, 0.5) is 4.39 Å². The van der Waals surface area contributed by atoms with E-state index in [1.807, 2.05) is 4.98 Å². The number of aromatic nitrogens is 2. The molecule has 0 radical (unpaired) electrons. The summed E-state index contributed by atoms with van der Waals surface area (Å²) in [4.78, 5) is 26.8. The number of nitrogens with zero attached hydrogens (tertiary/aromatic N) is 2. The summed E-state index contributed by atoms with van der Waals surface area (Å²) >= 11 is 0. The Morgan fingerprint density at radius 2 is 1.43 bits per heavy atom. The monoisotopic (exact) mass is 603 g/mol. The fourth-order valence-corrected chi connectivity index (χ4v) is 5.61. The minimum atomic E-state index is -3.30. The molecule has 6 N–H and O–H groups in total. The summed E-state index contributed by atoms with van der Waals surface area (Å²) in [5, 5.41) is 53.6. The highest BCUT2D eigenvalue weighted by molar-refractivity contribution is 5.13. The van der Waals surface area contributed by atoms with E-state index in [2.05, 4.69) is 6.92 Å². The zero-order chi connectivity index (χ0) is 31.3. The summed E-state index contributed by atoms with van der Waals surface area (Å²) in [6, 6.07) is 0. The number of hydrogen-bond donors (Lipinski definition) is 6. The van der Waals surface area contributed by atoms with Crippen LogP contribution >= 0.6 is 0 Å². The van der Waals surface area contributed by atoms with Crippen LogP contribution in [0.15, 0.2) is 15.8 Å². The Labute approximate surface area is 248 Å². The lowest BCUT2D eigenvalue weighted by molar-refractivity contribution is -0.428. The number of aliphatic hydroxyl groups excluding tert-OH is 2. The van der Waals surface area contributed by atoms with Gasteiger partial charge in [-0.3, -0.25) is 9.78 Å². The van der Waals surface area contributed by atoms with Gasteiger partial charge in [-0.25, -0.2) is 13.8 Å². The summed E-state index contributed by atoms with van der Waals surface area (Å²) in [6.45, 7) is 4.59. The van der Waals surface area contributed by atoms with Crippen molar-refractivity contribution in [3.05, 3.63) is 32.6 Å². The number of nitrogens with one attached hydrogen (secondary N) is 1. The number of ether oxygens (including phenoxy) is 1. The van der Waals surface area contributed by atoms with Crippen LogP contribution in [0.3, 0.4) is 0 Å². The third-order valence-corrected chi connectivity index (χ3v) is 8.32. The molecule has 1 aliphatic heterocycles. The van der Waals surface area contributed by atoms with Gasteiger partial charge in [-0.1, -0.05) is 111 Å². The van der Waals surface area contributed by atoms with E-state index in [1.165, 1.54) is 64.2 Å². The number of aliphatic hydroxyl groups is 4. The third-order valence-electron chi connectivity index (χ3n) is 8.32. The van der Waals surface area contributed by atoms with Gasteiger partial charge in [-0.05, 0) is 18.8 Å². The first-order chi connectivity index (χ1) is 19.9. The maximum absolute atomic E-state index is 15.2. The zero-order valence-electron chi connectivity index (χ0n) is 25.6. The quantitative estimate of drug-likeness (QED) is 0.0527. The van der Waals surface area contributed by atoms with Crippen LogP contribution in [-0.2, 0) is 10.6 Å². The van der Waals surface area contributed by atoms with E-state index in [-0.39, 0.29) is 17.0 Å². The Morgan fingerprint density at radius 1 is 0.952 bits per heavy atom. The Hall–Kier alpha value is -1.67. The molecule has 2 heterocycles. The lowest BCUT2D eigenvalue weighted by Crippen LogP contribution is -2.69. The number of rotatable bonds is 21. The average molecular weight is 604 g/mol. The first-order valence-corrected chi connectivity index (χ1v) is 15.9. The molecule has 0 saturated carbocycles. The highest BCUT2D eigenvalue weighted by Gasteiger charge is 2.71. The second kappa shape index (κ2) is 17.6. The van der Waals surface area contributed by atoms with E-state index in [9.17, 15) is 35.2 Å². The summed E-state index contributed by atoms with van der Waals surface area (Å²) in [5.74, 6) is -3.68. The van der Waals surface area contributed by atoms with Crippen LogP contribution in [-0.4, -0.2) is 71.1 Å². The van der Waals surface area contributed by atoms with Gasteiger partial charge in [0.1, 0.15) is 12.2 Å². The average Bonchev–Trinajstić information content (AvgIpc) is 3.16. The maximum Gasteiger partial charge on any atom is 0.332 e. The molecule has 1 unspecified atom stereocenters. The molecule has 12 heteroatoms. The molecule has 0 aliphatic carbocycles. The predicted octanol–water partition coefficient (Wildman–Crippen LogP) is 3.95. The second-order valence-electron chi connectivity index (χ2n) is 12.0. The number of unbranched alkanes of at least 4 members (excludes halogenated alkanes) is 14. The molecule has 1 saturated heterocycles. The van der Waals surface area contributed by atoms with Crippen molar-refractivity contribution in [1.29, 1.82) is 0 Å². The maximum atomic E-state index is 15.2. The minimum absolute atomic E-state index is 0.0232. The number of halogens is 1. The molecule has 11 nitrogen and oxygen atoms in total. The van der Waals surface area contributed by atoms with Crippen LogP contribution < -0.4 is 11.2 Å². The summed E-state index contributed by atoms with van der Waals surface area (Å²) < 4.78 is 20.9. The molecule has 0 aromatic carbocycles. The molecule has 244 valence electrons. The predicted molar refractivity (Wildman–Crippen MR) is 157 cm³/mol. The van der Waals surface area contributed by atoms with E-state index in [1.54, 1.807) is 13.8 Å². The third kappa shape index (κ3) is 8.93. The van der Waals surface area contributed by atoms with E-state index < -0.39 is 53.9 Å². The molecular weight excluding hydrogens is 549 g/mol. The van der Waals surface area contributed by atoms with Crippen molar-refractivity contribution in [2.75, 3.05) is 6.61 Å². The Kier molecular flexibility index (Phi) is 15.3. The number of alkyl halides is 1.